The van der Waals surface area contributed by atoms with Gasteiger partial charge in [0.2, 0.25) is 6.79 Å². The third kappa shape index (κ3) is 2.42. The van der Waals surface area contributed by atoms with Gasteiger partial charge in [0.15, 0.2) is 11.5 Å². The van der Waals surface area contributed by atoms with E-state index in [9.17, 15) is 9.90 Å². The zero-order chi connectivity index (χ0) is 13.9. The highest BCUT2D eigenvalue weighted by Crippen LogP contribution is 2.35. The van der Waals surface area contributed by atoms with Crippen molar-refractivity contribution >= 4 is 5.97 Å². The van der Waals surface area contributed by atoms with Crippen molar-refractivity contribution in [3.05, 3.63) is 53.9 Å². The lowest BCUT2D eigenvalue weighted by Gasteiger charge is -2.13. The van der Waals surface area contributed by atoms with Crippen molar-refractivity contribution in [3.8, 4) is 11.5 Å². The zero-order valence-electron chi connectivity index (χ0n) is 10.7. The monoisotopic (exact) mass is 271 g/mol. The van der Waals surface area contributed by atoms with Crippen LogP contribution in [0.4, 0.5) is 0 Å². The second-order valence-corrected chi connectivity index (χ2v) is 4.56. The molecule has 1 aliphatic heterocycles. The molecule has 20 heavy (non-hydrogen) atoms. The first-order chi connectivity index (χ1) is 9.74. The van der Waals surface area contributed by atoms with Gasteiger partial charge < -0.3 is 14.6 Å². The van der Waals surface area contributed by atoms with Gasteiger partial charge in [-0.05, 0) is 41.8 Å². The Morgan fingerprint density at radius 1 is 1.20 bits per heavy atom. The summed E-state index contributed by atoms with van der Waals surface area (Å²) in [6, 6.07) is 8.90. The molecule has 0 aliphatic carbocycles. The van der Waals surface area contributed by atoms with Crippen LogP contribution in [0, 0.1) is 0 Å². The summed E-state index contributed by atoms with van der Waals surface area (Å²) in [6.45, 7) is 0.181. The number of aliphatic carboxylic acids is 1. The standard InChI is InChI=1S/C15H13NO4/c17-15(18)12(7-10-3-5-16-6-4-10)11-1-2-13-14(8-11)20-9-19-13/h1-6,8,12H,7,9H2,(H,17,18). The highest BCUT2D eigenvalue weighted by atomic mass is 16.7. The van der Waals surface area contributed by atoms with Crippen molar-refractivity contribution in [2.45, 2.75) is 12.3 Å². The summed E-state index contributed by atoms with van der Waals surface area (Å²) in [4.78, 5) is 15.5. The topological polar surface area (TPSA) is 68.7 Å². The Bertz CT molecular complexity index is 627. The molecule has 0 fully saturated rings. The van der Waals surface area contributed by atoms with E-state index in [-0.39, 0.29) is 6.79 Å². The molecular weight excluding hydrogens is 258 g/mol. The SMILES string of the molecule is O=C(O)C(Cc1ccncc1)c1ccc2c(c1)OCO2. The molecule has 1 atom stereocenters. The number of fused-ring (bicyclic) bond motifs is 1. The molecule has 1 aliphatic rings. The molecule has 1 unspecified atom stereocenters. The van der Waals surface area contributed by atoms with E-state index in [1.54, 1.807) is 30.6 Å². The first-order valence-electron chi connectivity index (χ1n) is 6.25. The molecule has 0 spiro atoms. The number of aromatic nitrogens is 1. The van der Waals surface area contributed by atoms with E-state index in [1.165, 1.54) is 0 Å². The van der Waals surface area contributed by atoms with E-state index >= 15 is 0 Å². The Kier molecular flexibility index (Phi) is 3.25. The number of rotatable bonds is 4. The summed E-state index contributed by atoms with van der Waals surface area (Å²) in [5.41, 5.74) is 1.64. The van der Waals surface area contributed by atoms with Gasteiger partial charge in [0.1, 0.15) is 0 Å². The second-order valence-electron chi connectivity index (χ2n) is 4.56. The van der Waals surface area contributed by atoms with Crippen LogP contribution >= 0.6 is 0 Å². The van der Waals surface area contributed by atoms with Crippen molar-refractivity contribution in [1.82, 2.24) is 4.98 Å². The molecule has 0 bridgehead atoms. The largest absolute Gasteiger partial charge is 0.481 e. The highest BCUT2D eigenvalue weighted by Gasteiger charge is 2.23. The number of hydrogen-bond donors (Lipinski definition) is 1. The van der Waals surface area contributed by atoms with Crippen LogP contribution in [-0.4, -0.2) is 22.9 Å². The van der Waals surface area contributed by atoms with Gasteiger partial charge in [-0.3, -0.25) is 9.78 Å². The van der Waals surface area contributed by atoms with Gasteiger partial charge in [-0.25, -0.2) is 0 Å². The quantitative estimate of drug-likeness (QED) is 0.923. The Morgan fingerprint density at radius 3 is 2.70 bits per heavy atom. The van der Waals surface area contributed by atoms with E-state index in [0.29, 0.717) is 23.5 Å². The molecule has 1 aromatic heterocycles. The lowest BCUT2D eigenvalue weighted by molar-refractivity contribution is -0.138. The fourth-order valence-electron chi connectivity index (χ4n) is 2.23. The summed E-state index contributed by atoms with van der Waals surface area (Å²) in [7, 11) is 0. The number of carbonyl (C=O) groups is 1. The molecule has 2 heterocycles. The van der Waals surface area contributed by atoms with Gasteiger partial charge in [0, 0.05) is 12.4 Å². The lowest BCUT2D eigenvalue weighted by atomic mass is 9.92. The normalized spacial score (nSPS) is 14.0. The van der Waals surface area contributed by atoms with Crippen LogP contribution in [0.3, 0.4) is 0 Å². The molecular formula is C15H13NO4. The number of carboxylic acids is 1. The average molecular weight is 271 g/mol. The Hall–Kier alpha value is -2.56. The van der Waals surface area contributed by atoms with Crippen molar-refractivity contribution in [3.63, 3.8) is 0 Å². The Balaban J connectivity index is 1.89. The number of ether oxygens (including phenoxy) is 2. The predicted octanol–water partition coefficient (Wildman–Crippen LogP) is 2.22. The third-order valence-corrected chi connectivity index (χ3v) is 3.29. The van der Waals surface area contributed by atoms with E-state index in [1.807, 2.05) is 12.1 Å². The van der Waals surface area contributed by atoms with Crippen LogP contribution in [0.25, 0.3) is 0 Å². The Labute approximate surface area is 115 Å². The van der Waals surface area contributed by atoms with Gasteiger partial charge in [-0.2, -0.15) is 0 Å². The molecule has 0 amide bonds. The van der Waals surface area contributed by atoms with Crippen LogP contribution in [0.1, 0.15) is 17.0 Å². The van der Waals surface area contributed by atoms with Crippen molar-refractivity contribution < 1.29 is 19.4 Å². The van der Waals surface area contributed by atoms with Crippen LogP contribution in [0.5, 0.6) is 11.5 Å². The van der Waals surface area contributed by atoms with Crippen molar-refractivity contribution in [1.29, 1.82) is 0 Å². The minimum atomic E-state index is -0.860. The molecule has 0 saturated carbocycles. The minimum Gasteiger partial charge on any atom is -0.481 e. The maximum atomic E-state index is 11.5. The average Bonchev–Trinajstić information content (AvgIpc) is 2.93. The summed E-state index contributed by atoms with van der Waals surface area (Å²) in [6.07, 6.45) is 3.74. The Morgan fingerprint density at radius 2 is 1.95 bits per heavy atom. The number of carboxylic acid groups (broad SMARTS) is 1. The molecule has 1 aromatic carbocycles. The van der Waals surface area contributed by atoms with E-state index < -0.39 is 11.9 Å². The summed E-state index contributed by atoms with van der Waals surface area (Å²) >= 11 is 0. The fraction of sp³-hybridized carbons (Fsp3) is 0.200. The number of hydrogen-bond acceptors (Lipinski definition) is 4. The van der Waals surface area contributed by atoms with E-state index in [2.05, 4.69) is 4.98 Å². The minimum absolute atomic E-state index is 0.181. The van der Waals surface area contributed by atoms with Crippen LogP contribution in [0.2, 0.25) is 0 Å². The van der Waals surface area contributed by atoms with E-state index in [4.69, 9.17) is 9.47 Å². The molecule has 5 nitrogen and oxygen atoms in total. The molecule has 102 valence electrons. The maximum Gasteiger partial charge on any atom is 0.311 e. The second kappa shape index (κ2) is 5.21. The first-order valence-corrected chi connectivity index (χ1v) is 6.25. The molecule has 0 radical (unpaired) electrons. The molecule has 0 saturated heterocycles. The maximum absolute atomic E-state index is 11.5. The number of nitrogens with zero attached hydrogens (tertiary/aromatic N) is 1. The number of benzene rings is 1. The molecule has 5 heteroatoms. The van der Waals surface area contributed by atoms with E-state index in [0.717, 1.165) is 5.56 Å². The summed E-state index contributed by atoms with van der Waals surface area (Å²) in [5.74, 6) is -0.224. The van der Waals surface area contributed by atoms with Gasteiger partial charge in [0.25, 0.3) is 0 Å². The zero-order valence-corrected chi connectivity index (χ0v) is 10.7. The summed E-state index contributed by atoms with van der Waals surface area (Å²) in [5, 5.41) is 9.45. The lowest BCUT2D eigenvalue weighted by Crippen LogP contribution is -2.14. The van der Waals surface area contributed by atoms with Crippen LogP contribution in [0.15, 0.2) is 42.7 Å². The van der Waals surface area contributed by atoms with Gasteiger partial charge in [-0.1, -0.05) is 6.07 Å². The summed E-state index contributed by atoms with van der Waals surface area (Å²) < 4.78 is 10.5. The van der Waals surface area contributed by atoms with Crippen molar-refractivity contribution in [2.24, 2.45) is 0 Å². The van der Waals surface area contributed by atoms with Crippen LogP contribution in [-0.2, 0) is 11.2 Å². The van der Waals surface area contributed by atoms with Gasteiger partial charge in [-0.15, -0.1) is 0 Å². The fourth-order valence-corrected chi connectivity index (χ4v) is 2.23. The smallest absolute Gasteiger partial charge is 0.311 e. The molecule has 3 rings (SSSR count). The number of pyridine rings is 1. The first kappa shape index (κ1) is 12.5. The van der Waals surface area contributed by atoms with Gasteiger partial charge >= 0.3 is 5.97 Å². The molecule has 2 aromatic rings. The third-order valence-electron chi connectivity index (χ3n) is 3.29. The molecule has 1 N–H and O–H groups in total. The highest BCUT2D eigenvalue weighted by molar-refractivity contribution is 5.77. The van der Waals surface area contributed by atoms with Crippen molar-refractivity contribution in [2.75, 3.05) is 6.79 Å². The van der Waals surface area contributed by atoms with Gasteiger partial charge in [0.05, 0.1) is 5.92 Å². The van der Waals surface area contributed by atoms with Crippen LogP contribution < -0.4 is 9.47 Å². The predicted molar refractivity (Wildman–Crippen MR) is 70.9 cm³/mol.